The van der Waals surface area contributed by atoms with Crippen molar-refractivity contribution in [3.8, 4) is 5.75 Å². The summed E-state index contributed by atoms with van der Waals surface area (Å²) in [6.07, 6.45) is 0. The van der Waals surface area contributed by atoms with Crippen LogP contribution in [0.15, 0.2) is 18.2 Å². The van der Waals surface area contributed by atoms with Crippen LogP contribution < -0.4 is 0 Å². The predicted molar refractivity (Wildman–Crippen MR) is 76.0 cm³/mol. The minimum atomic E-state index is -0.112. The molecule has 0 bridgehead atoms. The molecule has 0 saturated carbocycles. The van der Waals surface area contributed by atoms with Crippen LogP contribution in [0, 0.1) is 6.92 Å². The number of hydrogen-bond acceptors (Lipinski definition) is 2. The van der Waals surface area contributed by atoms with Crippen molar-refractivity contribution >= 4 is 5.91 Å². The van der Waals surface area contributed by atoms with E-state index in [2.05, 4.69) is 0 Å². The van der Waals surface area contributed by atoms with Gasteiger partial charge in [-0.2, -0.15) is 0 Å². The number of benzene rings is 1. The molecule has 0 aliphatic rings. The lowest BCUT2D eigenvalue weighted by Gasteiger charge is -2.25. The molecule has 0 unspecified atom stereocenters. The largest absolute Gasteiger partial charge is 0.507 e. The molecule has 1 rings (SSSR count). The maximum absolute atomic E-state index is 12.2. The molecule has 0 aromatic heterocycles. The lowest BCUT2D eigenvalue weighted by Crippen LogP contribution is -2.36. The van der Waals surface area contributed by atoms with Crippen LogP contribution in [0.2, 0.25) is 0 Å². The Morgan fingerprint density at radius 2 is 1.89 bits per heavy atom. The first-order chi connectivity index (χ1) is 8.47. The number of amides is 1. The van der Waals surface area contributed by atoms with Crippen LogP contribution in [-0.4, -0.2) is 28.5 Å². The average molecular weight is 251 g/mol. The first-order valence-corrected chi connectivity index (χ1v) is 6.58. The van der Waals surface area contributed by atoms with Crippen LogP contribution in [0.25, 0.3) is 0 Å². The van der Waals surface area contributed by atoms with Crippen molar-refractivity contribution < 1.29 is 9.90 Å². The van der Waals surface area contributed by atoms with Gasteiger partial charge < -0.3 is 10.0 Å². The molecule has 0 saturated heterocycles. The molecule has 0 fully saturated rings. The Balaban J connectivity index is 0.00000137. The van der Waals surface area contributed by atoms with Crippen molar-refractivity contribution in [2.24, 2.45) is 0 Å². The molecule has 0 heterocycles. The molecular formula is C15H25NO2. The maximum Gasteiger partial charge on any atom is 0.257 e. The Kier molecular flexibility index (Phi) is 7.10. The number of carbonyl (C=O) groups excluding carboxylic acids is 1. The first-order valence-electron chi connectivity index (χ1n) is 6.58. The predicted octanol–water partition coefficient (Wildman–Crippen LogP) is 3.60. The molecule has 1 N–H and O–H groups in total. The third kappa shape index (κ3) is 4.06. The Hall–Kier alpha value is -1.51. The number of hydrogen-bond donors (Lipinski definition) is 1. The molecule has 1 aromatic rings. The van der Waals surface area contributed by atoms with Crippen molar-refractivity contribution in [3.05, 3.63) is 29.3 Å². The number of aromatic hydroxyl groups is 1. The van der Waals surface area contributed by atoms with E-state index in [9.17, 15) is 9.90 Å². The van der Waals surface area contributed by atoms with Gasteiger partial charge in [0.05, 0.1) is 5.56 Å². The van der Waals surface area contributed by atoms with Gasteiger partial charge in [-0.1, -0.05) is 25.5 Å². The minimum absolute atomic E-state index is 0.0506. The molecule has 3 heteroatoms. The highest BCUT2D eigenvalue weighted by Gasteiger charge is 2.19. The molecule has 0 atom stereocenters. The molecule has 102 valence electrons. The van der Waals surface area contributed by atoms with E-state index in [-0.39, 0.29) is 17.7 Å². The van der Waals surface area contributed by atoms with Gasteiger partial charge in [-0.25, -0.2) is 0 Å². The zero-order valence-corrected chi connectivity index (χ0v) is 12.3. The fraction of sp³-hybridized carbons (Fsp3) is 0.533. The highest BCUT2D eigenvalue weighted by atomic mass is 16.3. The average Bonchev–Trinajstić information content (AvgIpc) is 2.35. The minimum Gasteiger partial charge on any atom is -0.507 e. The molecule has 0 spiro atoms. The van der Waals surface area contributed by atoms with Gasteiger partial charge in [0.1, 0.15) is 5.75 Å². The second-order valence-electron chi connectivity index (χ2n) is 4.21. The number of nitrogens with zero attached hydrogens (tertiary/aromatic N) is 1. The molecule has 0 aliphatic carbocycles. The molecule has 18 heavy (non-hydrogen) atoms. The molecular weight excluding hydrogens is 226 g/mol. The molecule has 1 aromatic carbocycles. The number of rotatable bonds is 3. The number of carbonyl (C=O) groups is 1. The normalized spacial score (nSPS) is 9.72. The van der Waals surface area contributed by atoms with Gasteiger partial charge in [0.25, 0.3) is 5.91 Å². The molecule has 1 amide bonds. The van der Waals surface area contributed by atoms with Crippen LogP contribution in [0.3, 0.4) is 0 Å². The summed E-state index contributed by atoms with van der Waals surface area (Å²) < 4.78 is 0. The summed E-state index contributed by atoms with van der Waals surface area (Å²) in [6, 6.07) is 5.22. The van der Waals surface area contributed by atoms with E-state index < -0.39 is 0 Å². The highest BCUT2D eigenvalue weighted by molar-refractivity contribution is 5.97. The van der Waals surface area contributed by atoms with Gasteiger partial charge in [0, 0.05) is 12.6 Å². The summed E-state index contributed by atoms with van der Waals surface area (Å²) in [5.74, 6) is -0.0617. The Morgan fingerprint density at radius 3 is 2.33 bits per heavy atom. The van der Waals surface area contributed by atoms with Gasteiger partial charge in [-0.05, 0) is 39.8 Å². The third-order valence-electron chi connectivity index (χ3n) is 2.61. The Morgan fingerprint density at radius 1 is 1.33 bits per heavy atom. The second-order valence-corrected chi connectivity index (χ2v) is 4.21. The molecule has 0 aliphatic heterocycles. The summed E-state index contributed by atoms with van der Waals surface area (Å²) in [6.45, 7) is 12.4. The van der Waals surface area contributed by atoms with Gasteiger partial charge in [-0.15, -0.1) is 0 Å². The fourth-order valence-electron chi connectivity index (χ4n) is 1.72. The van der Waals surface area contributed by atoms with Crippen LogP contribution in [0.1, 0.15) is 50.5 Å². The van der Waals surface area contributed by atoms with Crippen molar-refractivity contribution in [2.45, 2.75) is 47.6 Å². The molecule has 0 radical (unpaired) electrons. The topological polar surface area (TPSA) is 40.5 Å². The lowest BCUT2D eigenvalue weighted by molar-refractivity contribution is 0.0714. The standard InChI is InChI=1S/C13H19NO2.C2H6/c1-5-14(9(2)3)13(16)11-8-10(4)6-7-12(11)15;1-2/h6-9,15H,5H2,1-4H3;1-2H3. The van der Waals surface area contributed by atoms with Crippen molar-refractivity contribution in [2.75, 3.05) is 6.54 Å². The molecule has 3 nitrogen and oxygen atoms in total. The van der Waals surface area contributed by atoms with Crippen LogP contribution in [-0.2, 0) is 0 Å². The van der Waals surface area contributed by atoms with E-state index in [1.807, 2.05) is 41.5 Å². The fourth-order valence-corrected chi connectivity index (χ4v) is 1.72. The second kappa shape index (κ2) is 7.75. The Bertz CT molecular complexity index is 386. The van der Waals surface area contributed by atoms with E-state index in [0.717, 1.165) is 5.56 Å². The lowest BCUT2D eigenvalue weighted by atomic mass is 10.1. The quantitative estimate of drug-likeness (QED) is 0.891. The monoisotopic (exact) mass is 251 g/mol. The Labute approximate surface area is 110 Å². The number of aryl methyl sites for hydroxylation is 1. The zero-order chi connectivity index (χ0) is 14.3. The maximum atomic E-state index is 12.2. The van der Waals surface area contributed by atoms with E-state index in [1.54, 1.807) is 23.1 Å². The first kappa shape index (κ1) is 16.5. The van der Waals surface area contributed by atoms with Crippen molar-refractivity contribution in [1.82, 2.24) is 4.90 Å². The van der Waals surface area contributed by atoms with Gasteiger partial charge >= 0.3 is 0 Å². The highest BCUT2D eigenvalue weighted by Crippen LogP contribution is 2.20. The van der Waals surface area contributed by atoms with Crippen LogP contribution in [0.4, 0.5) is 0 Å². The smallest absolute Gasteiger partial charge is 0.257 e. The number of phenols is 1. The van der Waals surface area contributed by atoms with Gasteiger partial charge in [0.2, 0.25) is 0 Å². The summed E-state index contributed by atoms with van der Waals surface area (Å²) in [7, 11) is 0. The number of phenolic OH excluding ortho intramolecular Hbond substituents is 1. The van der Waals surface area contributed by atoms with Gasteiger partial charge in [0.15, 0.2) is 0 Å². The zero-order valence-electron chi connectivity index (χ0n) is 12.3. The van der Waals surface area contributed by atoms with Crippen molar-refractivity contribution in [3.63, 3.8) is 0 Å². The summed E-state index contributed by atoms with van der Waals surface area (Å²) in [5.41, 5.74) is 1.36. The SMILES string of the molecule is CC.CCN(C(=O)c1cc(C)ccc1O)C(C)C. The van der Waals surface area contributed by atoms with Crippen molar-refractivity contribution in [1.29, 1.82) is 0 Å². The van der Waals surface area contributed by atoms with E-state index in [1.165, 1.54) is 0 Å². The summed E-state index contributed by atoms with van der Waals surface area (Å²) >= 11 is 0. The van der Waals surface area contributed by atoms with Gasteiger partial charge in [-0.3, -0.25) is 4.79 Å². The van der Waals surface area contributed by atoms with E-state index in [4.69, 9.17) is 0 Å². The van der Waals surface area contributed by atoms with E-state index >= 15 is 0 Å². The summed E-state index contributed by atoms with van der Waals surface area (Å²) in [4.78, 5) is 13.9. The summed E-state index contributed by atoms with van der Waals surface area (Å²) in [5, 5.41) is 9.68. The van der Waals surface area contributed by atoms with Crippen LogP contribution in [0.5, 0.6) is 5.75 Å². The third-order valence-corrected chi connectivity index (χ3v) is 2.61. The van der Waals surface area contributed by atoms with Crippen LogP contribution >= 0.6 is 0 Å². The van der Waals surface area contributed by atoms with E-state index in [0.29, 0.717) is 12.1 Å².